The molecule has 1 saturated heterocycles. The molecule has 0 bridgehead atoms. The first kappa shape index (κ1) is 17.0. The molecule has 4 rings (SSSR count). The van der Waals surface area contributed by atoms with Gasteiger partial charge < -0.3 is 10.2 Å². The summed E-state index contributed by atoms with van der Waals surface area (Å²) in [6.07, 6.45) is 1.00. The van der Waals surface area contributed by atoms with Crippen molar-refractivity contribution in [2.75, 3.05) is 25.0 Å². The maximum atomic E-state index is 12.5. The number of fused-ring (bicyclic) bond motifs is 1. The predicted molar refractivity (Wildman–Crippen MR) is 106 cm³/mol. The number of amides is 1. The topological polar surface area (TPSA) is 58.1 Å². The Kier molecular flexibility index (Phi) is 4.36. The summed E-state index contributed by atoms with van der Waals surface area (Å²) >= 11 is 1.58. The summed E-state index contributed by atoms with van der Waals surface area (Å²) in [5, 5.41) is 4.00. The summed E-state index contributed by atoms with van der Waals surface area (Å²) in [5.41, 5.74) is 3.16. The summed E-state index contributed by atoms with van der Waals surface area (Å²) in [4.78, 5) is 24.8. The molecular formula is C20H22N4OS. The quantitative estimate of drug-likeness (QED) is 0.768. The van der Waals surface area contributed by atoms with Gasteiger partial charge in [-0.25, -0.2) is 9.97 Å². The van der Waals surface area contributed by atoms with Gasteiger partial charge in [-0.3, -0.25) is 4.79 Å². The van der Waals surface area contributed by atoms with Gasteiger partial charge in [0.1, 0.15) is 0 Å². The van der Waals surface area contributed by atoms with E-state index in [2.05, 4.69) is 32.3 Å². The van der Waals surface area contributed by atoms with E-state index in [1.54, 1.807) is 18.4 Å². The molecule has 5 nitrogen and oxygen atoms in total. The van der Waals surface area contributed by atoms with Gasteiger partial charge in [0.2, 0.25) is 5.95 Å². The van der Waals surface area contributed by atoms with Crippen LogP contribution in [0.15, 0.2) is 30.3 Å². The van der Waals surface area contributed by atoms with E-state index >= 15 is 0 Å². The second-order valence-corrected chi connectivity index (χ2v) is 7.85. The number of rotatable bonds is 3. The van der Waals surface area contributed by atoms with Gasteiger partial charge in [-0.05, 0) is 43.4 Å². The Balaban J connectivity index is 1.71. The molecule has 1 aliphatic heterocycles. The van der Waals surface area contributed by atoms with Crippen LogP contribution in [-0.2, 0) is 0 Å². The Labute approximate surface area is 157 Å². The number of hydrogen-bond donors (Lipinski definition) is 1. The highest BCUT2D eigenvalue weighted by molar-refractivity contribution is 7.21. The van der Waals surface area contributed by atoms with E-state index in [4.69, 9.17) is 0 Å². The molecule has 3 heterocycles. The van der Waals surface area contributed by atoms with Gasteiger partial charge in [-0.15, -0.1) is 11.3 Å². The first-order valence-electron chi connectivity index (χ1n) is 8.87. The third kappa shape index (κ3) is 2.94. The Morgan fingerprint density at radius 1 is 1.23 bits per heavy atom. The molecule has 134 valence electrons. The zero-order valence-corrected chi connectivity index (χ0v) is 16.1. The number of hydrogen-bond acceptors (Lipinski definition) is 5. The molecule has 1 aliphatic rings. The second kappa shape index (κ2) is 6.68. The van der Waals surface area contributed by atoms with E-state index in [9.17, 15) is 4.79 Å². The molecule has 1 N–H and O–H groups in total. The first-order chi connectivity index (χ1) is 12.6. The van der Waals surface area contributed by atoms with Crippen LogP contribution in [0.3, 0.4) is 0 Å². The standard InChI is InChI=1S/C20H22N4OS/c1-12-10-13(2)23-20(22-12)24-9-8-14(11-24)17-15-6-4-5-7-16(15)26-18(17)19(25)21-3/h4-7,10,14H,8-9,11H2,1-3H3,(H,21,25)/t14-/m0/s1. The largest absolute Gasteiger partial charge is 0.354 e. The van der Waals surface area contributed by atoms with Crippen LogP contribution in [0.25, 0.3) is 10.1 Å². The van der Waals surface area contributed by atoms with Crippen molar-refractivity contribution in [3.63, 3.8) is 0 Å². The van der Waals surface area contributed by atoms with Crippen LogP contribution in [0.2, 0.25) is 0 Å². The summed E-state index contributed by atoms with van der Waals surface area (Å²) < 4.78 is 1.17. The molecule has 0 aliphatic carbocycles. The monoisotopic (exact) mass is 366 g/mol. The average Bonchev–Trinajstić information content (AvgIpc) is 3.24. The second-order valence-electron chi connectivity index (χ2n) is 6.80. The van der Waals surface area contributed by atoms with E-state index in [1.165, 1.54) is 15.6 Å². The molecule has 26 heavy (non-hydrogen) atoms. The Bertz CT molecular complexity index is 961. The molecular weight excluding hydrogens is 344 g/mol. The van der Waals surface area contributed by atoms with Crippen LogP contribution < -0.4 is 10.2 Å². The summed E-state index contributed by atoms with van der Waals surface area (Å²) in [7, 11) is 1.70. The molecule has 6 heteroatoms. The van der Waals surface area contributed by atoms with Crippen LogP contribution in [0.5, 0.6) is 0 Å². The van der Waals surface area contributed by atoms with Gasteiger partial charge in [0.05, 0.1) is 4.88 Å². The lowest BCUT2D eigenvalue weighted by Gasteiger charge is -2.17. The molecule has 1 amide bonds. The third-order valence-electron chi connectivity index (χ3n) is 4.92. The van der Waals surface area contributed by atoms with E-state index < -0.39 is 0 Å². The Morgan fingerprint density at radius 3 is 2.69 bits per heavy atom. The van der Waals surface area contributed by atoms with Gasteiger partial charge in [0.25, 0.3) is 5.91 Å². The smallest absolute Gasteiger partial charge is 0.261 e. The van der Waals surface area contributed by atoms with Crippen molar-refractivity contribution in [2.24, 2.45) is 0 Å². The lowest BCUT2D eigenvalue weighted by atomic mass is 9.95. The van der Waals surface area contributed by atoms with Gasteiger partial charge in [0.15, 0.2) is 0 Å². The number of benzene rings is 1. The zero-order valence-electron chi connectivity index (χ0n) is 15.2. The number of nitrogens with zero attached hydrogens (tertiary/aromatic N) is 3. The van der Waals surface area contributed by atoms with E-state index in [-0.39, 0.29) is 5.91 Å². The highest BCUT2D eigenvalue weighted by Gasteiger charge is 2.31. The minimum atomic E-state index is 0.00213. The SMILES string of the molecule is CNC(=O)c1sc2ccccc2c1[C@H]1CCN(c2nc(C)cc(C)n2)C1. The van der Waals surface area contributed by atoms with Crippen LogP contribution in [0, 0.1) is 13.8 Å². The van der Waals surface area contributed by atoms with Crippen LogP contribution in [0.1, 0.15) is 39.0 Å². The van der Waals surface area contributed by atoms with Crippen molar-refractivity contribution >= 4 is 33.3 Å². The van der Waals surface area contributed by atoms with Gasteiger partial charge >= 0.3 is 0 Å². The molecule has 1 fully saturated rings. The van der Waals surface area contributed by atoms with Crippen LogP contribution >= 0.6 is 11.3 Å². The van der Waals surface area contributed by atoms with E-state index in [0.29, 0.717) is 5.92 Å². The fourth-order valence-electron chi connectivity index (χ4n) is 3.78. The number of anilines is 1. The van der Waals surface area contributed by atoms with E-state index in [0.717, 1.165) is 41.7 Å². The van der Waals surface area contributed by atoms with Crippen molar-refractivity contribution in [3.05, 3.63) is 52.2 Å². The number of carbonyl (C=O) groups is 1. The maximum Gasteiger partial charge on any atom is 0.261 e. The molecule has 1 aromatic carbocycles. The zero-order chi connectivity index (χ0) is 18.3. The van der Waals surface area contributed by atoms with Crippen LogP contribution in [0.4, 0.5) is 5.95 Å². The Morgan fingerprint density at radius 2 is 1.96 bits per heavy atom. The predicted octanol–water partition coefficient (Wildman–Crippen LogP) is 3.66. The normalized spacial score (nSPS) is 17.0. The van der Waals surface area contributed by atoms with Crippen molar-refractivity contribution in [1.82, 2.24) is 15.3 Å². The highest BCUT2D eigenvalue weighted by Crippen LogP contribution is 2.40. The minimum absolute atomic E-state index is 0.00213. The minimum Gasteiger partial charge on any atom is -0.354 e. The Hall–Kier alpha value is -2.47. The van der Waals surface area contributed by atoms with Crippen molar-refractivity contribution in [2.45, 2.75) is 26.2 Å². The summed E-state index contributed by atoms with van der Waals surface area (Å²) in [5.74, 6) is 1.11. The fourth-order valence-corrected chi connectivity index (χ4v) is 5.02. The summed E-state index contributed by atoms with van der Waals surface area (Å²) in [6.45, 7) is 5.75. The van der Waals surface area contributed by atoms with Gasteiger partial charge in [0, 0.05) is 42.1 Å². The van der Waals surface area contributed by atoms with Gasteiger partial charge in [-0.2, -0.15) is 0 Å². The first-order valence-corrected chi connectivity index (χ1v) is 9.69. The van der Waals surface area contributed by atoms with Gasteiger partial charge in [-0.1, -0.05) is 18.2 Å². The molecule has 0 radical (unpaired) electrons. The third-order valence-corrected chi connectivity index (χ3v) is 6.10. The highest BCUT2D eigenvalue weighted by atomic mass is 32.1. The number of thiophene rings is 1. The fraction of sp³-hybridized carbons (Fsp3) is 0.350. The molecule has 1 atom stereocenters. The molecule has 0 unspecified atom stereocenters. The molecule has 0 spiro atoms. The summed E-state index contributed by atoms with van der Waals surface area (Å²) in [6, 6.07) is 10.3. The van der Waals surface area contributed by atoms with Crippen molar-refractivity contribution < 1.29 is 4.79 Å². The number of aromatic nitrogens is 2. The number of aryl methyl sites for hydroxylation is 2. The van der Waals surface area contributed by atoms with Crippen molar-refractivity contribution in [3.8, 4) is 0 Å². The molecule has 2 aromatic heterocycles. The molecule has 0 saturated carbocycles. The lowest BCUT2D eigenvalue weighted by molar-refractivity contribution is 0.0966. The molecule has 3 aromatic rings. The number of nitrogens with one attached hydrogen (secondary N) is 1. The lowest BCUT2D eigenvalue weighted by Crippen LogP contribution is -2.23. The van der Waals surface area contributed by atoms with Crippen LogP contribution in [-0.4, -0.2) is 36.0 Å². The van der Waals surface area contributed by atoms with Crippen molar-refractivity contribution in [1.29, 1.82) is 0 Å². The maximum absolute atomic E-state index is 12.5. The van der Waals surface area contributed by atoms with E-state index in [1.807, 2.05) is 32.0 Å². The average molecular weight is 366 g/mol. The number of carbonyl (C=O) groups excluding carboxylic acids is 1.